The van der Waals surface area contributed by atoms with Crippen molar-refractivity contribution < 1.29 is 9.18 Å². The molecular formula is C21H21FN6O. The fourth-order valence-electron chi connectivity index (χ4n) is 2.95. The smallest absolute Gasteiger partial charge is 0.321 e. The van der Waals surface area contributed by atoms with E-state index in [0.717, 1.165) is 11.1 Å². The van der Waals surface area contributed by atoms with Crippen LogP contribution in [-0.2, 0) is 0 Å². The predicted molar refractivity (Wildman–Crippen MR) is 112 cm³/mol. The number of pyridine rings is 2. The third-order valence-corrected chi connectivity index (χ3v) is 4.16. The van der Waals surface area contributed by atoms with E-state index in [1.54, 1.807) is 12.4 Å². The largest absolute Gasteiger partial charge is 0.338 e. The van der Waals surface area contributed by atoms with Crippen LogP contribution in [0.25, 0.3) is 33.4 Å². The first-order valence-electron chi connectivity index (χ1n) is 8.75. The molecule has 4 aromatic rings. The van der Waals surface area contributed by atoms with Crippen LogP contribution in [0.4, 0.5) is 15.1 Å². The predicted octanol–water partition coefficient (Wildman–Crippen LogP) is 4.60. The molecule has 0 unspecified atom stereocenters. The number of benzene rings is 1. The SMILES string of the molecule is C.CCNC(=O)Nc1nc2c(-c3ncccc3F)cc(-c3cccnc3)cc2[nH]1. The minimum atomic E-state index is -0.451. The summed E-state index contributed by atoms with van der Waals surface area (Å²) in [6.07, 6.45) is 4.94. The number of nitrogens with zero attached hydrogens (tertiary/aromatic N) is 3. The monoisotopic (exact) mass is 392 g/mol. The second-order valence-corrected chi connectivity index (χ2v) is 6.07. The number of nitrogens with one attached hydrogen (secondary N) is 3. The normalized spacial score (nSPS) is 10.4. The van der Waals surface area contributed by atoms with Crippen LogP contribution >= 0.6 is 0 Å². The van der Waals surface area contributed by atoms with Crippen LogP contribution in [0.5, 0.6) is 0 Å². The van der Waals surface area contributed by atoms with Gasteiger partial charge in [-0.2, -0.15) is 0 Å². The van der Waals surface area contributed by atoms with Crippen molar-refractivity contribution in [1.82, 2.24) is 25.3 Å². The highest BCUT2D eigenvalue weighted by molar-refractivity contribution is 5.98. The first kappa shape index (κ1) is 19.9. The highest BCUT2D eigenvalue weighted by Crippen LogP contribution is 2.33. The lowest BCUT2D eigenvalue weighted by Crippen LogP contribution is -2.28. The van der Waals surface area contributed by atoms with Gasteiger partial charge in [-0.15, -0.1) is 0 Å². The van der Waals surface area contributed by atoms with Crippen LogP contribution in [0.1, 0.15) is 14.4 Å². The van der Waals surface area contributed by atoms with Gasteiger partial charge in [0, 0.05) is 36.3 Å². The molecule has 29 heavy (non-hydrogen) atoms. The Bertz CT molecular complexity index is 1140. The third-order valence-electron chi connectivity index (χ3n) is 4.16. The average molecular weight is 392 g/mol. The summed E-state index contributed by atoms with van der Waals surface area (Å²) in [6, 6.07) is 9.96. The van der Waals surface area contributed by atoms with E-state index >= 15 is 0 Å². The number of H-pyrrole nitrogens is 1. The number of urea groups is 1. The van der Waals surface area contributed by atoms with Crippen LogP contribution < -0.4 is 10.6 Å². The minimum absolute atomic E-state index is 0. The number of aromatic amines is 1. The van der Waals surface area contributed by atoms with Gasteiger partial charge in [0.2, 0.25) is 5.95 Å². The number of carbonyl (C=O) groups excluding carboxylic acids is 1. The summed E-state index contributed by atoms with van der Waals surface area (Å²) >= 11 is 0. The second kappa shape index (κ2) is 8.47. The summed E-state index contributed by atoms with van der Waals surface area (Å²) in [5, 5.41) is 5.28. The van der Waals surface area contributed by atoms with E-state index < -0.39 is 5.82 Å². The Morgan fingerprint density at radius 1 is 1.17 bits per heavy atom. The van der Waals surface area contributed by atoms with E-state index in [-0.39, 0.29) is 25.1 Å². The molecule has 0 atom stereocenters. The Morgan fingerprint density at radius 2 is 2.00 bits per heavy atom. The molecule has 0 saturated heterocycles. The lowest BCUT2D eigenvalue weighted by Gasteiger charge is -2.07. The van der Waals surface area contributed by atoms with Crippen LogP contribution in [0, 0.1) is 5.82 Å². The number of anilines is 1. The maximum Gasteiger partial charge on any atom is 0.321 e. The molecule has 3 aromatic heterocycles. The Labute approximate surface area is 167 Å². The Hall–Kier alpha value is -3.81. The summed E-state index contributed by atoms with van der Waals surface area (Å²) in [6.45, 7) is 2.31. The Kier molecular flexibility index (Phi) is 5.82. The van der Waals surface area contributed by atoms with E-state index in [2.05, 4.69) is 30.6 Å². The van der Waals surface area contributed by atoms with Gasteiger partial charge in [-0.25, -0.2) is 14.2 Å². The van der Waals surface area contributed by atoms with Crippen molar-refractivity contribution in [2.45, 2.75) is 14.4 Å². The lowest BCUT2D eigenvalue weighted by molar-refractivity contribution is 0.252. The number of hydrogen-bond donors (Lipinski definition) is 3. The molecule has 0 aliphatic carbocycles. The summed E-state index contributed by atoms with van der Waals surface area (Å²) in [4.78, 5) is 27.7. The molecule has 3 N–H and O–H groups in total. The Morgan fingerprint density at radius 3 is 2.72 bits per heavy atom. The standard InChI is InChI=1S/C20H17FN6O.CH4/c1-2-23-20(28)27-19-25-16-10-13(12-5-3-7-22-11-12)9-14(18(16)26-19)17-15(21)6-4-8-24-17;/h3-11H,2H2,1H3,(H3,23,25,26,27,28);1H4. The number of imidazole rings is 1. The van der Waals surface area contributed by atoms with Gasteiger partial charge in [0.15, 0.2) is 0 Å². The lowest BCUT2D eigenvalue weighted by atomic mass is 10.0. The second-order valence-electron chi connectivity index (χ2n) is 6.07. The molecule has 1 aromatic carbocycles. The molecule has 0 radical (unpaired) electrons. The maximum absolute atomic E-state index is 14.5. The zero-order valence-corrected chi connectivity index (χ0v) is 15.0. The van der Waals surface area contributed by atoms with E-state index in [1.165, 1.54) is 18.3 Å². The van der Waals surface area contributed by atoms with Crippen molar-refractivity contribution in [2.24, 2.45) is 0 Å². The molecule has 7 nitrogen and oxygen atoms in total. The van der Waals surface area contributed by atoms with E-state index in [4.69, 9.17) is 0 Å². The van der Waals surface area contributed by atoms with Crippen molar-refractivity contribution >= 4 is 23.0 Å². The van der Waals surface area contributed by atoms with Crippen LogP contribution in [0.3, 0.4) is 0 Å². The summed E-state index contributed by atoms with van der Waals surface area (Å²) in [7, 11) is 0. The number of halogens is 1. The number of carbonyl (C=O) groups is 1. The molecule has 0 spiro atoms. The first-order valence-corrected chi connectivity index (χ1v) is 8.75. The van der Waals surface area contributed by atoms with Gasteiger partial charge in [-0.3, -0.25) is 15.3 Å². The summed E-state index contributed by atoms with van der Waals surface area (Å²) in [5.74, 6) is -0.185. The van der Waals surface area contributed by atoms with Gasteiger partial charge in [0.1, 0.15) is 17.0 Å². The number of amides is 2. The van der Waals surface area contributed by atoms with Gasteiger partial charge in [0.05, 0.1) is 5.52 Å². The fraction of sp³-hybridized carbons (Fsp3) is 0.143. The average Bonchev–Trinajstić information content (AvgIpc) is 3.11. The van der Waals surface area contributed by atoms with Crippen molar-refractivity contribution in [3.8, 4) is 22.4 Å². The van der Waals surface area contributed by atoms with Crippen LogP contribution in [0.15, 0.2) is 55.0 Å². The van der Waals surface area contributed by atoms with Gasteiger partial charge >= 0.3 is 6.03 Å². The fourth-order valence-corrected chi connectivity index (χ4v) is 2.95. The van der Waals surface area contributed by atoms with Crippen molar-refractivity contribution in [1.29, 1.82) is 0 Å². The highest BCUT2D eigenvalue weighted by atomic mass is 19.1. The summed E-state index contributed by atoms with van der Waals surface area (Å²) < 4.78 is 14.5. The Balaban J connectivity index is 0.00000240. The molecule has 3 heterocycles. The number of rotatable bonds is 4. The molecule has 0 bridgehead atoms. The zero-order chi connectivity index (χ0) is 19.5. The third kappa shape index (κ3) is 4.06. The number of aromatic nitrogens is 4. The molecule has 0 fully saturated rings. The maximum atomic E-state index is 14.5. The molecule has 8 heteroatoms. The molecule has 0 saturated carbocycles. The minimum Gasteiger partial charge on any atom is -0.338 e. The van der Waals surface area contributed by atoms with Crippen molar-refractivity contribution in [3.63, 3.8) is 0 Å². The molecule has 0 aliphatic heterocycles. The number of hydrogen-bond acceptors (Lipinski definition) is 4. The molecular weight excluding hydrogens is 371 g/mol. The topological polar surface area (TPSA) is 95.6 Å². The van der Waals surface area contributed by atoms with E-state index in [1.807, 2.05) is 31.2 Å². The molecule has 4 rings (SSSR count). The van der Waals surface area contributed by atoms with E-state index in [9.17, 15) is 9.18 Å². The molecule has 0 aliphatic rings. The van der Waals surface area contributed by atoms with Gasteiger partial charge in [-0.05, 0) is 42.8 Å². The summed E-state index contributed by atoms with van der Waals surface area (Å²) in [5.41, 5.74) is 3.57. The molecule has 148 valence electrons. The van der Waals surface area contributed by atoms with Crippen LogP contribution in [0.2, 0.25) is 0 Å². The quantitative estimate of drug-likeness (QED) is 0.473. The molecule has 2 amide bonds. The number of fused-ring (bicyclic) bond motifs is 1. The van der Waals surface area contributed by atoms with E-state index in [0.29, 0.717) is 23.1 Å². The van der Waals surface area contributed by atoms with Gasteiger partial charge in [0.25, 0.3) is 0 Å². The van der Waals surface area contributed by atoms with Crippen molar-refractivity contribution in [3.05, 3.63) is 60.8 Å². The highest BCUT2D eigenvalue weighted by Gasteiger charge is 2.17. The van der Waals surface area contributed by atoms with Crippen molar-refractivity contribution in [2.75, 3.05) is 11.9 Å². The van der Waals surface area contributed by atoms with Gasteiger partial charge < -0.3 is 10.3 Å². The zero-order valence-electron chi connectivity index (χ0n) is 15.0. The van der Waals surface area contributed by atoms with Gasteiger partial charge in [-0.1, -0.05) is 13.5 Å². The first-order chi connectivity index (χ1) is 13.7. The van der Waals surface area contributed by atoms with Crippen LogP contribution in [-0.4, -0.2) is 32.5 Å².